The van der Waals surface area contributed by atoms with Crippen molar-refractivity contribution in [3.8, 4) is 0 Å². The average Bonchev–Trinajstić information content (AvgIpc) is 2.94. The molecular formula is C28H32ClN5O7. The van der Waals surface area contributed by atoms with Crippen molar-refractivity contribution < 1.29 is 24.9 Å². The molecule has 1 saturated heterocycles. The van der Waals surface area contributed by atoms with Gasteiger partial charge in [-0.3, -0.25) is 9.59 Å². The number of carboxylic acids is 2. The van der Waals surface area contributed by atoms with E-state index in [0.717, 1.165) is 49.3 Å². The summed E-state index contributed by atoms with van der Waals surface area (Å²) in [6.07, 6.45) is 4.44. The van der Waals surface area contributed by atoms with Gasteiger partial charge in [0.25, 0.3) is 0 Å². The molecule has 0 spiro atoms. The fourth-order valence-electron chi connectivity index (χ4n) is 4.92. The lowest BCUT2D eigenvalue weighted by Gasteiger charge is -2.29. The van der Waals surface area contributed by atoms with E-state index in [1.807, 2.05) is 6.07 Å². The van der Waals surface area contributed by atoms with Crippen LogP contribution in [0.15, 0.2) is 46.0 Å². The van der Waals surface area contributed by atoms with Gasteiger partial charge in [-0.25, -0.2) is 9.59 Å². The van der Waals surface area contributed by atoms with Crippen LogP contribution >= 0.6 is 12.4 Å². The highest BCUT2D eigenvalue weighted by atomic mass is 35.5. The first-order valence-corrected chi connectivity index (χ1v) is 12.8. The Kier molecular flexibility index (Phi) is 9.98. The predicted molar refractivity (Wildman–Crippen MR) is 161 cm³/mol. The number of fused-ring (bicyclic) bond motifs is 2. The number of aromatic carboxylic acids is 2. The SMILES string of the molecule is Cl.Nc1ccc(CCCO)c2c(=O)cc(C(=O)O)[nH]c12.Nc1ccc(N2CCCCC2)c2c(=O)cc(C(=O)O)[nH]c12. The number of hydrogen-bond acceptors (Lipinski definition) is 8. The molecule has 12 nitrogen and oxygen atoms in total. The summed E-state index contributed by atoms with van der Waals surface area (Å²) in [6.45, 7) is 1.83. The van der Waals surface area contributed by atoms with Crippen LogP contribution in [0.5, 0.6) is 0 Å². The lowest BCUT2D eigenvalue weighted by atomic mass is 10.0. The van der Waals surface area contributed by atoms with Crippen LogP contribution in [0, 0.1) is 0 Å². The minimum Gasteiger partial charge on any atom is -0.477 e. The molecule has 0 radical (unpaired) electrons. The van der Waals surface area contributed by atoms with E-state index in [1.165, 1.54) is 6.42 Å². The van der Waals surface area contributed by atoms with Crippen molar-refractivity contribution in [3.05, 3.63) is 73.8 Å². The largest absolute Gasteiger partial charge is 0.477 e. The Morgan fingerprint density at radius 1 is 0.805 bits per heavy atom. The van der Waals surface area contributed by atoms with Crippen molar-refractivity contribution in [2.24, 2.45) is 0 Å². The first kappa shape index (κ1) is 31.0. The zero-order valence-electron chi connectivity index (χ0n) is 22.1. The summed E-state index contributed by atoms with van der Waals surface area (Å²) in [7, 11) is 0. The van der Waals surface area contributed by atoms with E-state index in [-0.39, 0.29) is 41.3 Å². The molecule has 4 aromatic rings. The van der Waals surface area contributed by atoms with Gasteiger partial charge in [0, 0.05) is 31.8 Å². The minimum atomic E-state index is -1.21. The Morgan fingerprint density at radius 3 is 1.85 bits per heavy atom. The van der Waals surface area contributed by atoms with Gasteiger partial charge < -0.3 is 41.7 Å². The molecular weight excluding hydrogens is 554 g/mol. The van der Waals surface area contributed by atoms with Crippen molar-refractivity contribution in [1.82, 2.24) is 9.97 Å². The monoisotopic (exact) mass is 585 g/mol. The van der Waals surface area contributed by atoms with Crippen LogP contribution in [0.1, 0.15) is 52.2 Å². The second kappa shape index (κ2) is 13.2. The van der Waals surface area contributed by atoms with Gasteiger partial charge in [-0.15, -0.1) is 12.4 Å². The quantitative estimate of drug-likeness (QED) is 0.164. The van der Waals surface area contributed by atoms with Gasteiger partial charge in [-0.2, -0.15) is 0 Å². The van der Waals surface area contributed by atoms with E-state index >= 15 is 0 Å². The molecule has 5 rings (SSSR count). The Bertz CT molecular complexity index is 1710. The molecule has 13 heteroatoms. The lowest BCUT2D eigenvalue weighted by Crippen LogP contribution is -2.30. The number of nitrogens with two attached hydrogens (primary N) is 2. The van der Waals surface area contributed by atoms with E-state index in [1.54, 1.807) is 18.2 Å². The standard InChI is InChI=1S/C15H17N3O3.C13H14N2O4.ClH/c16-9-4-5-11(18-6-2-1-3-7-18)13-12(19)8-10(15(20)21)17-14(9)13;14-8-4-3-7(2-1-5-16)11-10(17)6-9(13(18)19)15-12(8)11;/h4-5,8H,1-3,6-7,16H2,(H,17,19)(H,20,21);3-4,6,16H,1-2,5,14H2,(H,15,17)(H,18,19);1H. The molecule has 3 heterocycles. The number of halogens is 1. The number of anilines is 3. The summed E-state index contributed by atoms with van der Waals surface area (Å²) in [5, 5.41) is 27.7. The number of H-pyrrole nitrogens is 2. The smallest absolute Gasteiger partial charge is 0.352 e. The fourth-order valence-corrected chi connectivity index (χ4v) is 4.92. The topological polar surface area (TPSA) is 216 Å². The van der Waals surface area contributed by atoms with Gasteiger partial charge in [0.05, 0.1) is 38.9 Å². The van der Waals surface area contributed by atoms with Gasteiger partial charge in [0.1, 0.15) is 11.4 Å². The zero-order valence-corrected chi connectivity index (χ0v) is 22.9. The molecule has 1 fully saturated rings. The second-order valence-corrected chi connectivity index (χ2v) is 9.57. The van der Waals surface area contributed by atoms with Crippen molar-refractivity contribution in [3.63, 3.8) is 0 Å². The fraction of sp³-hybridized carbons (Fsp3) is 0.286. The molecule has 0 bridgehead atoms. The number of hydrogen-bond donors (Lipinski definition) is 7. The number of piperidine rings is 1. The van der Waals surface area contributed by atoms with E-state index in [9.17, 15) is 19.2 Å². The lowest BCUT2D eigenvalue weighted by molar-refractivity contribution is 0.0680. The summed E-state index contributed by atoms with van der Waals surface area (Å²) in [4.78, 5) is 54.0. The molecule has 9 N–H and O–H groups in total. The molecule has 0 aliphatic carbocycles. The van der Waals surface area contributed by atoms with Gasteiger partial charge in [0.2, 0.25) is 0 Å². The zero-order chi connectivity index (χ0) is 29.0. The Balaban J connectivity index is 0.000000221. The van der Waals surface area contributed by atoms with Gasteiger partial charge in [0.15, 0.2) is 10.9 Å². The van der Waals surface area contributed by atoms with Gasteiger partial charge in [-0.05, 0) is 55.9 Å². The molecule has 0 atom stereocenters. The maximum Gasteiger partial charge on any atom is 0.352 e. The third-order valence-electron chi connectivity index (χ3n) is 6.86. The van der Waals surface area contributed by atoms with E-state index in [4.69, 9.17) is 26.8 Å². The third-order valence-corrected chi connectivity index (χ3v) is 6.86. The number of benzene rings is 2. The number of aromatic amines is 2. The molecule has 1 aliphatic heterocycles. The number of aliphatic hydroxyl groups is 1. The predicted octanol–water partition coefficient (Wildman–Crippen LogP) is 2.95. The molecule has 2 aromatic heterocycles. The van der Waals surface area contributed by atoms with Crippen LogP contribution in [0.4, 0.5) is 17.1 Å². The van der Waals surface area contributed by atoms with Crippen LogP contribution in [-0.2, 0) is 6.42 Å². The number of pyridine rings is 2. The molecule has 0 unspecified atom stereocenters. The number of aliphatic hydroxyl groups excluding tert-OH is 1. The maximum absolute atomic E-state index is 12.4. The van der Waals surface area contributed by atoms with Crippen LogP contribution < -0.4 is 27.2 Å². The number of carboxylic acid groups (broad SMARTS) is 2. The molecule has 2 aromatic carbocycles. The normalized spacial score (nSPS) is 12.9. The van der Waals surface area contributed by atoms with Crippen molar-refractivity contribution in [2.45, 2.75) is 32.1 Å². The number of rotatable bonds is 6. The first-order chi connectivity index (χ1) is 19.1. The summed E-state index contributed by atoms with van der Waals surface area (Å²) >= 11 is 0. The van der Waals surface area contributed by atoms with Gasteiger partial charge >= 0.3 is 11.9 Å². The number of aromatic nitrogens is 2. The molecule has 0 amide bonds. The molecule has 1 aliphatic rings. The first-order valence-electron chi connectivity index (χ1n) is 12.8. The Hall–Kier alpha value is -4.55. The van der Waals surface area contributed by atoms with Crippen LogP contribution in [0.3, 0.4) is 0 Å². The third kappa shape index (κ3) is 6.61. The maximum atomic E-state index is 12.4. The summed E-state index contributed by atoms with van der Waals surface area (Å²) in [6, 6.07) is 9.08. The highest BCUT2D eigenvalue weighted by Gasteiger charge is 2.18. The van der Waals surface area contributed by atoms with Crippen LogP contribution in [-0.4, -0.2) is 56.9 Å². The van der Waals surface area contributed by atoms with E-state index in [2.05, 4.69) is 14.9 Å². The van der Waals surface area contributed by atoms with Crippen LogP contribution in [0.2, 0.25) is 0 Å². The van der Waals surface area contributed by atoms with E-state index < -0.39 is 11.9 Å². The highest BCUT2D eigenvalue weighted by Crippen LogP contribution is 2.29. The number of nitrogen functional groups attached to an aromatic ring is 2. The number of aryl methyl sites for hydroxylation is 1. The van der Waals surface area contributed by atoms with Crippen molar-refractivity contribution >= 4 is 63.2 Å². The molecule has 218 valence electrons. The molecule has 41 heavy (non-hydrogen) atoms. The molecule has 0 saturated carbocycles. The second-order valence-electron chi connectivity index (χ2n) is 9.57. The summed E-state index contributed by atoms with van der Waals surface area (Å²) in [5.74, 6) is -2.38. The van der Waals surface area contributed by atoms with Crippen LogP contribution in [0.25, 0.3) is 21.8 Å². The Morgan fingerprint density at radius 2 is 1.32 bits per heavy atom. The number of nitrogens with zero attached hydrogens (tertiary/aromatic N) is 1. The van der Waals surface area contributed by atoms with Gasteiger partial charge in [-0.1, -0.05) is 6.07 Å². The number of nitrogens with one attached hydrogen (secondary N) is 2. The van der Waals surface area contributed by atoms with Crippen molar-refractivity contribution in [2.75, 3.05) is 36.1 Å². The Labute approximate surface area is 240 Å². The summed E-state index contributed by atoms with van der Waals surface area (Å²) in [5.41, 5.74) is 13.7. The van der Waals surface area contributed by atoms with Crippen molar-refractivity contribution in [1.29, 1.82) is 0 Å². The number of carbonyl (C=O) groups is 2. The summed E-state index contributed by atoms with van der Waals surface area (Å²) < 4.78 is 0. The van der Waals surface area contributed by atoms with E-state index in [0.29, 0.717) is 46.0 Å². The highest BCUT2D eigenvalue weighted by molar-refractivity contribution is 6.01. The average molecular weight is 586 g/mol. The minimum absolute atomic E-state index is 0.